The van der Waals surface area contributed by atoms with Gasteiger partial charge in [0, 0.05) is 20.3 Å². The first-order valence-electron chi connectivity index (χ1n) is 4.71. The lowest BCUT2D eigenvalue weighted by Crippen LogP contribution is -2.36. The highest BCUT2D eigenvalue weighted by Crippen LogP contribution is 2.19. The minimum absolute atomic E-state index is 0.101. The van der Waals surface area contributed by atoms with Crippen molar-refractivity contribution in [1.82, 2.24) is 9.55 Å². The molecule has 4 nitrogen and oxygen atoms in total. The summed E-state index contributed by atoms with van der Waals surface area (Å²) in [5.74, 6) is 0. The van der Waals surface area contributed by atoms with E-state index in [1.54, 1.807) is 6.92 Å². The molecule has 2 heterocycles. The molecule has 0 saturated heterocycles. The monoisotopic (exact) mass is 334 g/mol. The van der Waals surface area contributed by atoms with Crippen LogP contribution in [0.3, 0.4) is 0 Å². The third kappa shape index (κ3) is 2.53. The maximum atomic E-state index is 11.9. The molecular formula is C10H8BrClN2O2S. The van der Waals surface area contributed by atoms with Gasteiger partial charge >= 0.3 is 5.69 Å². The second-order valence-electron chi connectivity index (χ2n) is 3.49. The number of aromatic nitrogens is 2. The number of aromatic amines is 1. The van der Waals surface area contributed by atoms with Crippen LogP contribution in [0.4, 0.5) is 0 Å². The first kappa shape index (κ1) is 12.6. The molecule has 0 radical (unpaired) electrons. The molecule has 0 atom stereocenters. The Morgan fingerprint density at radius 1 is 1.53 bits per heavy atom. The number of hydrogen-bond donors (Lipinski definition) is 1. The molecule has 0 saturated carbocycles. The number of hydrogen-bond acceptors (Lipinski definition) is 3. The molecule has 17 heavy (non-hydrogen) atoms. The maximum Gasteiger partial charge on any atom is 0.329 e. The number of nitrogens with one attached hydrogen (secondary N) is 1. The smallest absolute Gasteiger partial charge is 0.297 e. The number of thiophene rings is 1. The van der Waals surface area contributed by atoms with E-state index in [1.807, 2.05) is 11.4 Å². The van der Waals surface area contributed by atoms with Crippen molar-refractivity contribution in [2.45, 2.75) is 13.5 Å². The van der Waals surface area contributed by atoms with E-state index >= 15 is 0 Å². The van der Waals surface area contributed by atoms with Gasteiger partial charge in [-0.2, -0.15) is 0 Å². The lowest BCUT2D eigenvalue weighted by atomic mass is 10.3. The summed E-state index contributed by atoms with van der Waals surface area (Å²) in [4.78, 5) is 26.9. The molecule has 0 amide bonds. The molecule has 0 bridgehead atoms. The van der Waals surface area contributed by atoms with Crippen molar-refractivity contribution in [3.63, 3.8) is 0 Å². The fraction of sp³-hybridized carbons (Fsp3) is 0.200. The quantitative estimate of drug-likeness (QED) is 0.857. The fourth-order valence-electron chi connectivity index (χ4n) is 1.38. The van der Waals surface area contributed by atoms with Gasteiger partial charge in [-0.25, -0.2) is 4.79 Å². The summed E-state index contributed by atoms with van der Waals surface area (Å²) in [6.07, 6.45) is 0. The number of rotatable bonds is 2. The molecule has 0 spiro atoms. The summed E-state index contributed by atoms with van der Waals surface area (Å²) in [6.45, 7) is 1.84. The van der Waals surface area contributed by atoms with Crippen LogP contribution in [-0.4, -0.2) is 9.55 Å². The number of halogens is 2. The van der Waals surface area contributed by atoms with Crippen LogP contribution in [0.2, 0.25) is 5.15 Å². The lowest BCUT2D eigenvalue weighted by Gasteiger charge is -2.04. The van der Waals surface area contributed by atoms with Gasteiger partial charge in [0.2, 0.25) is 0 Å². The zero-order valence-corrected chi connectivity index (χ0v) is 11.9. The van der Waals surface area contributed by atoms with Crippen molar-refractivity contribution in [2.24, 2.45) is 0 Å². The second kappa shape index (κ2) is 4.80. The van der Waals surface area contributed by atoms with E-state index in [-0.39, 0.29) is 17.3 Å². The van der Waals surface area contributed by atoms with Crippen molar-refractivity contribution in [3.8, 4) is 0 Å². The van der Waals surface area contributed by atoms with Crippen LogP contribution in [0.5, 0.6) is 0 Å². The van der Waals surface area contributed by atoms with Gasteiger partial charge < -0.3 is 0 Å². The van der Waals surface area contributed by atoms with Crippen LogP contribution in [-0.2, 0) is 6.54 Å². The van der Waals surface area contributed by atoms with Crippen LogP contribution in [0.1, 0.15) is 10.4 Å². The molecule has 90 valence electrons. The van der Waals surface area contributed by atoms with Gasteiger partial charge in [-0.05, 0) is 28.9 Å². The summed E-state index contributed by atoms with van der Waals surface area (Å²) in [6, 6.07) is 1.88. The Labute approximate surface area is 114 Å². The van der Waals surface area contributed by atoms with Gasteiger partial charge in [-0.1, -0.05) is 11.6 Å². The van der Waals surface area contributed by atoms with E-state index in [0.717, 1.165) is 13.9 Å². The van der Waals surface area contributed by atoms with Crippen LogP contribution >= 0.6 is 38.9 Å². The third-order valence-electron chi connectivity index (χ3n) is 2.29. The van der Waals surface area contributed by atoms with Crippen LogP contribution < -0.4 is 11.2 Å². The largest absolute Gasteiger partial charge is 0.329 e. The van der Waals surface area contributed by atoms with Crippen LogP contribution in [0, 0.1) is 6.92 Å². The van der Waals surface area contributed by atoms with E-state index in [1.165, 1.54) is 11.3 Å². The van der Waals surface area contributed by atoms with E-state index in [0.29, 0.717) is 5.56 Å². The molecule has 0 fully saturated rings. The van der Waals surface area contributed by atoms with Crippen molar-refractivity contribution < 1.29 is 0 Å². The third-order valence-corrected chi connectivity index (χ3v) is 4.35. The number of H-pyrrole nitrogens is 1. The minimum atomic E-state index is -0.491. The standard InChI is InChI=1S/C10H8BrClN2O2S/c1-5-8(12)13-10(16)14(9(5)15)3-7-2-6(11)4-17-7/h2,4H,3H2,1H3,(H,13,16). The van der Waals surface area contributed by atoms with Crippen LogP contribution in [0.15, 0.2) is 25.5 Å². The summed E-state index contributed by atoms with van der Waals surface area (Å²) >= 11 is 10.5. The Kier molecular flexibility index (Phi) is 3.56. The zero-order chi connectivity index (χ0) is 12.6. The summed E-state index contributed by atoms with van der Waals surface area (Å²) in [5, 5.41) is 2.00. The molecule has 0 aliphatic rings. The molecule has 0 aliphatic carbocycles. The van der Waals surface area contributed by atoms with Gasteiger partial charge in [-0.3, -0.25) is 14.3 Å². The Balaban J connectivity index is 2.50. The molecule has 2 rings (SSSR count). The zero-order valence-electron chi connectivity index (χ0n) is 8.79. The predicted octanol–water partition coefficient (Wildman–Crippen LogP) is 2.37. The lowest BCUT2D eigenvalue weighted by molar-refractivity contribution is 0.699. The Hall–Kier alpha value is -0.850. The highest BCUT2D eigenvalue weighted by atomic mass is 79.9. The first-order valence-corrected chi connectivity index (χ1v) is 6.76. The van der Waals surface area contributed by atoms with E-state index in [4.69, 9.17) is 11.6 Å². The molecule has 2 aromatic rings. The van der Waals surface area contributed by atoms with Gasteiger partial charge in [0.25, 0.3) is 5.56 Å². The average molecular weight is 336 g/mol. The van der Waals surface area contributed by atoms with Crippen molar-refractivity contribution in [2.75, 3.05) is 0 Å². The van der Waals surface area contributed by atoms with E-state index in [2.05, 4.69) is 20.9 Å². The summed E-state index contributed by atoms with van der Waals surface area (Å²) in [5.41, 5.74) is -0.500. The highest BCUT2D eigenvalue weighted by molar-refractivity contribution is 9.10. The topological polar surface area (TPSA) is 54.9 Å². The fourth-order valence-corrected chi connectivity index (χ4v) is 2.98. The molecule has 0 aromatic carbocycles. The Morgan fingerprint density at radius 2 is 2.24 bits per heavy atom. The van der Waals surface area contributed by atoms with E-state index < -0.39 is 5.69 Å². The maximum absolute atomic E-state index is 11.9. The SMILES string of the molecule is Cc1c(Cl)[nH]c(=O)n(Cc2cc(Br)cs2)c1=O. The average Bonchev–Trinajstić information content (AvgIpc) is 2.67. The van der Waals surface area contributed by atoms with Gasteiger partial charge in [0.15, 0.2) is 0 Å². The first-order chi connectivity index (χ1) is 7.99. The molecule has 0 aliphatic heterocycles. The summed E-state index contributed by atoms with van der Waals surface area (Å²) in [7, 11) is 0. The molecular weight excluding hydrogens is 328 g/mol. The van der Waals surface area contributed by atoms with Crippen molar-refractivity contribution >= 4 is 38.9 Å². The Bertz CT molecular complexity index is 674. The molecule has 7 heteroatoms. The van der Waals surface area contributed by atoms with Crippen LogP contribution in [0.25, 0.3) is 0 Å². The second-order valence-corrected chi connectivity index (χ2v) is 5.78. The Morgan fingerprint density at radius 3 is 2.82 bits per heavy atom. The number of nitrogens with zero attached hydrogens (tertiary/aromatic N) is 1. The molecule has 1 N–H and O–H groups in total. The summed E-state index contributed by atoms with van der Waals surface area (Å²) < 4.78 is 2.08. The van der Waals surface area contributed by atoms with Crippen molar-refractivity contribution in [3.05, 3.63) is 52.4 Å². The predicted molar refractivity (Wildman–Crippen MR) is 72.2 cm³/mol. The van der Waals surface area contributed by atoms with Crippen molar-refractivity contribution in [1.29, 1.82) is 0 Å². The molecule has 2 aromatic heterocycles. The minimum Gasteiger partial charge on any atom is -0.297 e. The molecule has 0 unspecified atom stereocenters. The van der Waals surface area contributed by atoms with Gasteiger partial charge in [0.1, 0.15) is 5.15 Å². The van der Waals surface area contributed by atoms with E-state index in [9.17, 15) is 9.59 Å². The van der Waals surface area contributed by atoms with Gasteiger partial charge in [-0.15, -0.1) is 11.3 Å². The highest BCUT2D eigenvalue weighted by Gasteiger charge is 2.10. The normalized spacial score (nSPS) is 10.8. The van der Waals surface area contributed by atoms with Gasteiger partial charge in [0.05, 0.1) is 6.54 Å².